The van der Waals surface area contributed by atoms with Crippen LogP contribution in [0.25, 0.3) is 0 Å². The Kier molecular flexibility index (Phi) is 3.25. The van der Waals surface area contributed by atoms with E-state index >= 15 is 0 Å². The Morgan fingerprint density at radius 1 is 1.29 bits per heavy atom. The average Bonchev–Trinajstić information content (AvgIpc) is 2.30. The predicted octanol–water partition coefficient (Wildman–Crippen LogP) is 1.88. The number of nitrogens with two attached hydrogens (primary N) is 1. The van der Waals surface area contributed by atoms with Crippen molar-refractivity contribution in [1.82, 2.24) is 0 Å². The van der Waals surface area contributed by atoms with Crippen LogP contribution < -0.4 is 15.2 Å². The molecule has 1 aromatic carbocycles. The van der Waals surface area contributed by atoms with Gasteiger partial charge in [0.05, 0.1) is 6.54 Å². The van der Waals surface area contributed by atoms with Gasteiger partial charge in [0.1, 0.15) is 5.75 Å². The van der Waals surface area contributed by atoms with Crippen molar-refractivity contribution in [2.24, 2.45) is 5.73 Å². The molecule has 0 saturated heterocycles. The van der Waals surface area contributed by atoms with E-state index in [1.807, 2.05) is 43.3 Å². The van der Waals surface area contributed by atoms with Gasteiger partial charge in [0.2, 0.25) is 5.69 Å². The molecule has 88 valence electrons. The largest absolute Gasteiger partial charge is 0.618 e. The first-order chi connectivity index (χ1) is 8.20. The summed E-state index contributed by atoms with van der Waals surface area (Å²) in [5, 5.41) is 11.6. The lowest BCUT2D eigenvalue weighted by molar-refractivity contribution is -0.614. The van der Waals surface area contributed by atoms with Crippen molar-refractivity contribution in [3.05, 3.63) is 59.1 Å². The van der Waals surface area contributed by atoms with Gasteiger partial charge in [-0.2, -0.15) is 4.73 Å². The maximum absolute atomic E-state index is 11.6. The summed E-state index contributed by atoms with van der Waals surface area (Å²) in [6.45, 7) is 1.98. The molecule has 0 aliphatic rings. The lowest BCUT2D eigenvalue weighted by Gasteiger charge is -2.10. The quantitative estimate of drug-likeness (QED) is 0.646. The Balaban J connectivity index is 2.38. The second-order valence-electron chi connectivity index (χ2n) is 3.77. The number of benzene rings is 1. The maximum Gasteiger partial charge on any atom is 0.249 e. The first-order valence-electron chi connectivity index (χ1n) is 5.36. The van der Waals surface area contributed by atoms with E-state index in [4.69, 9.17) is 10.5 Å². The maximum atomic E-state index is 11.6. The summed E-state index contributed by atoms with van der Waals surface area (Å²) in [5.41, 5.74) is 6.82. The van der Waals surface area contributed by atoms with E-state index in [2.05, 4.69) is 0 Å². The fourth-order valence-corrected chi connectivity index (χ4v) is 1.59. The summed E-state index contributed by atoms with van der Waals surface area (Å²) in [6.07, 6.45) is 1.49. The Morgan fingerprint density at radius 2 is 2.00 bits per heavy atom. The molecule has 2 aromatic rings. The van der Waals surface area contributed by atoms with Crippen LogP contribution in [0.5, 0.6) is 11.5 Å². The summed E-state index contributed by atoms with van der Waals surface area (Å²) in [4.78, 5) is 0. The topological polar surface area (TPSA) is 62.2 Å². The average molecular weight is 230 g/mol. The van der Waals surface area contributed by atoms with E-state index in [-0.39, 0.29) is 6.54 Å². The third kappa shape index (κ3) is 2.54. The standard InChI is InChI=1S/C13H14N2O2/c1-10-7-13(12(8-14)15(16)9-10)17-11-5-3-2-4-6-11/h2-7,9H,8,14H2,1H3. The summed E-state index contributed by atoms with van der Waals surface area (Å²) in [5.74, 6) is 1.20. The number of pyridine rings is 1. The van der Waals surface area contributed by atoms with Crippen molar-refractivity contribution in [2.45, 2.75) is 13.5 Å². The summed E-state index contributed by atoms with van der Waals surface area (Å²) >= 11 is 0. The van der Waals surface area contributed by atoms with Crippen LogP contribution in [-0.4, -0.2) is 0 Å². The van der Waals surface area contributed by atoms with E-state index in [0.717, 1.165) is 10.3 Å². The number of ether oxygens (including phenoxy) is 1. The van der Waals surface area contributed by atoms with Gasteiger partial charge in [-0.15, -0.1) is 0 Å². The smallest absolute Gasteiger partial charge is 0.249 e. The number of nitrogens with zero attached hydrogens (tertiary/aromatic N) is 1. The fourth-order valence-electron chi connectivity index (χ4n) is 1.59. The molecule has 0 radical (unpaired) electrons. The zero-order valence-corrected chi connectivity index (χ0v) is 9.59. The molecule has 0 bridgehead atoms. The van der Waals surface area contributed by atoms with Gasteiger partial charge in [0.15, 0.2) is 11.9 Å². The van der Waals surface area contributed by atoms with E-state index < -0.39 is 0 Å². The van der Waals surface area contributed by atoms with Gasteiger partial charge in [0.25, 0.3) is 0 Å². The van der Waals surface area contributed by atoms with Crippen LogP contribution in [0.15, 0.2) is 42.6 Å². The number of hydrogen-bond donors (Lipinski definition) is 1. The first kappa shape index (κ1) is 11.4. The van der Waals surface area contributed by atoms with Crippen LogP contribution in [-0.2, 0) is 6.54 Å². The predicted molar refractivity (Wildman–Crippen MR) is 64.5 cm³/mol. The lowest BCUT2D eigenvalue weighted by atomic mass is 10.2. The molecule has 0 spiro atoms. The highest BCUT2D eigenvalue weighted by Gasteiger charge is 2.14. The molecule has 4 nitrogen and oxygen atoms in total. The molecule has 0 amide bonds. The van der Waals surface area contributed by atoms with Crippen LogP contribution in [0.4, 0.5) is 0 Å². The van der Waals surface area contributed by atoms with E-state index in [9.17, 15) is 5.21 Å². The lowest BCUT2D eigenvalue weighted by Crippen LogP contribution is -2.33. The van der Waals surface area contributed by atoms with Crippen molar-refractivity contribution < 1.29 is 9.47 Å². The Hall–Kier alpha value is -2.07. The van der Waals surface area contributed by atoms with Crippen molar-refractivity contribution in [3.8, 4) is 11.5 Å². The highest BCUT2D eigenvalue weighted by atomic mass is 16.5. The second kappa shape index (κ2) is 4.84. The number of aromatic nitrogens is 1. The minimum atomic E-state index is 0.145. The first-order valence-corrected chi connectivity index (χ1v) is 5.36. The molecule has 0 aliphatic heterocycles. The minimum absolute atomic E-state index is 0.145. The van der Waals surface area contributed by atoms with Crippen LogP contribution >= 0.6 is 0 Å². The van der Waals surface area contributed by atoms with Gasteiger partial charge >= 0.3 is 0 Å². The molecule has 17 heavy (non-hydrogen) atoms. The third-order valence-corrected chi connectivity index (χ3v) is 2.39. The number of hydrogen-bond acceptors (Lipinski definition) is 3. The molecular weight excluding hydrogens is 216 g/mol. The summed E-state index contributed by atoms with van der Waals surface area (Å²) in [7, 11) is 0. The molecule has 0 unspecified atom stereocenters. The van der Waals surface area contributed by atoms with Gasteiger partial charge in [-0.05, 0) is 25.1 Å². The molecule has 0 atom stereocenters. The Labute approximate surface area is 99.8 Å². The van der Waals surface area contributed by atoms with E-state index in [0.29, 0.717) is 17.2 Å². The van der Waals surface area contributed by atoms with Crippen molar-refractivity contribution in [2.75, 3.05) is 0 Å². The van der Waals surface area contributed by atoms with Crippen molar-refractivity contribution in [3.63, 3.8) is 0 Å². The van der Waals surface area contributed by atoms with E-state index in [1.54, 1.807) is 0 Å². The van der Waals surface area contributed by atoms with E-state index in [1.165, 1.54) is 6.20 Å². The number of para-hydroxylation sites is 1. The van der Waals surface area contributed by atoms with Crippen LogP contribution in [0.3, 0.4) is 0 Å². The minimum Gasteiger partial charge on any atom is -0.618 e. The molecule has 0 fully saturated rings. The van der Waals surface area contributed by atoms with Crippen molar-refractivity contribution in [1.29, 1.82) is 0 Å². The molecule has 0 saturated carbocycles. The number of rotatable bonds is 3. The monoisotopic (exact) mass is 230 g/mol. The molecule has 0 aliphatic carbocycles. The summed E-state index contributed by atoms with van der Waals surface area (Å²) < 4.78 is 6.42. The zero-order chi connectivity index (χ0) is 12.3. The van der Waals surface area contributed by atoms with Gasteiger partial charge in [-0.1, -0.05) is 18.2 Å². The Bertz CT molecular complexity index is 512. The van der Waals surface area contributed by atoms with Gasteiger partial charge in [-0.25, -0.2) is 0 Å². The van der Waals surface area contributed by atoms with Gasteiger partial charge < -0.3 is 15.7 Å². The number of aryl methyl sites for hydroxylation is 1. The normalized spacial score (nSPS) is 10.2. The molecular formula is C13H14N2O2. The zero-order valence-electron chi connectivity index (χ0n) is 9.59. The van der Waals surface area contributed by atoms with Crippen LogP contribution in [0.1, 0.15) is 11.3 Å². The SMILES string of the molecule is Cc1cc(Oc2ccccc2)c(CN)[n+]([O-])c1. The highest BCUT2D eigenvalue weighted by Crippen LogP contribution is 2.23. The molecule has 1 aromatic heterocycles. The second-order valence-corrected chi connectivity index (χ2v) is 3.77. The highest BCUT2D eigenvalue weighted by molar-refractivity contribution is 5.33. The third-order valence-electron chi connectivity index (χ3n) is 2.39. The Morgan fingerprint density at radius 3 is 2.65 bits per heavy atom. The molecule has 1 heterocycles. The fraction of sp³-hybridized carbons (Fsp3) is 0.154. The van der Waals surface area contributed by atoms with Gasteiger partial charge in [0, 0.05) is 5.56 Å². The molecule has 2 rings (SSSR count). The van der Waals surface area contributed by atoms with Crippen LogP contribution in [0, 0.1) is 12.1 Å². The molecule has 4 heteroatoms. The summed E-state index contributed by atoms with van der Waals surface area (Å²) in [6, 6.07) is 11.1. The van der Waals surface area contributed by atoms with Crippen molar-refractivity contribution >= 4 is 0 Å². The van der Waals surface area contributed by atoms with Gasteiger partial charge in [-0.3, -0.25) is 0 Å². The molecule has 2 N–H and O–H groups in total. The van der Waals surface area contributed by atoms with Crippen LogP contribution in [0.2, 0.25) is 0 Å².